The zero-order valence-electron chi connectivity index (χ0n) is 30.9. The fourth-order valence-corrected chi connectivity index (χ4v) is 8.67. The monoisotopic (exact) mass is 716 g/mol. The quantitative estimate of drug-likeness (QED) is 0.0933. The van der Waals surface area contributed by atoms with Gasteiger partial charge < -0.3 is 5.73 Å². The first-order valence-corrected chi connectivity index (χ1v) is 19.4. The molecule has 266 valence electrons. The van der Waals surface area contributed by atoms with Crippen LogP contribution >= 0.6 is 0 Å². The van der Waals surface area contributed by atoms with E-state index in [1.54, 1.807) is 0 Å². The van der Waals surface area contributed by atoms with Crippen LogP contribution in [0, 0.1) is 0 Å². The van der Waals surface area contributed by atoms with Gasteiger partial charge >= 0.3 is 0 Å². The number of nitrogens with two attached hydrogens (primary N) is 1. The fourth-order valence-electron chi connectivity index (χ4n) is 8.67. The Labute approximate surface area is 327 Å². The Kier molecular flexibility index (Phi) is 8.69. The Balaban J connectivity index is 1.10. The third-order valence-corrected chi connectivity index (χ3v) is 11.3. The second kappa shape index (κ2) is 14.4. The molecule has 56 heavy (non-hydrogen) atoms. The van der Waals surface area contributed by atoms with Crippen LogP contribution in [0.4, 0.5) is 0 Å². The van der Waals surface area contributed by atoms with Gasteiger partial charge in [-0.1, -0.05) is 206 Å². The summed E-state index contributed by atoms with van der Waals surface area (Å²) < 4.78 is 0. The maximum atomic E-state index is 6.87. The first kappa shape index (κ1) is 33.7. The van der Waals surface area contributed by atoms with Gasteiger partial charge in [0.25, 0.3) is 0 Å². The fraction of sp³-hybridized carbons (Fsp3) is 0.0370. The lowest BCUT2D eigenvalue weighted by Crippen LogP contribution is -2.31. The summed E-state index contributed by atoms with van der Waals surface area (Å²) in [4.78, 5) is 0. The van der Waals surface area contributed by atoms with Gasteiger partial charge in [-0.15, -0.1) is 0 Å². The Morgan fingerprint density at radius 2 is 0.964 bits per heavy atom. The molecule has 2 nitrogen and oxygen atoms in total. The van der Waals surface area contributed by atoms with Crippen LogP contribution in [0.3, 0.4) is 0 Å². The first-order chi connectivity index (χ1) is 27.7. The van der Waals surface area contributed by atoms with Gasteiger partial charge in [0, 0.05) is 0 Å². The molecule has 10 rings (SSSR count). The molecule has 10 aromatic rings. The van der Waals surface area contributed by atoms with Crippen molar-refractivity contribution in [1.29, 1.82) is 0 Å². The number of fused-ring (bicyclic) bond motifs is 7. The predicted octanol–water partition coefficient (Wildman–Crippen LogP) is 13.8. The summed E-state index contributed by atoms with van der Waals surface area (Å²) in [7, 11) is 0. The highest BCUT2D eigenvalue weighted by molar-refractivity contribution is 6.27. The Morgan fingerprint density at radius 3 is 1.70 bits per heavy atom. The van der Waals surface area contributed by atoms with Crippen LogP contribution in [-0.2, 0) is 0 Å². The lowest BCUT2D eigenvalue weighted by Gasteiger charge is -2.24. The van der Waals surface area contributed by atoms with Crippen molar-refractivity contribution in [3.05, 3.63) is 223 Å². The van der Waals surface area contributed by atoms with Gasteiger partial charge in [0.2, 0.25) is 0 Å². The van der Waals surface area contributed by atoms with Gasteiger partial charge in [0.05, 0.1) is 12.2 Å². The van der Waals surface area contributed by atoms with E-state index in [9.17, 15) is 0 Å². The van der Waals surface area contributed by atoms with Gasteiger partial charge in [-0.05, 0) is 98.9 Å². The molecule has 0 spiro atoms. The predicted molar refractivity (Wildman–Crippen MR) is 240 cm³/mol. The number of hydrogen-bond donors (Lipinski definition) is 2. The molecule has 10 aromatic carbocycles. The molecular formula is C54H40N2. The lowest BCUT2D eigenvalue weighted by atomic mass is 9.84. The van der Waals surface area contributed by atoms with Gasteiger partial charge in [-0.2, -0.15) is 0 Å². The van der Waals surface area contributed by atoms with E-state index < -0.39 is 0 Å². The largest absolute Gasteiger partial charge is 0.312 e. The SMILES string of the molecule is NC(NC(/C=C/c1ccc(-c2c3ccccc3c(-c3ccccc3)c3c2ccc2ccccc23)cc1)c1cc2ccccc2c2ccccc12)c1ccccc1. The molecule has 3 N–H and O–H groups in total. The van der Waals surface area contributed by atoms with Crippen LogP contribution in [0.2, 0.25) is 0 Å². The van der Waals surface area contributed by atoms with Crippen LogP contribution in [-0.4, -0.2) is 0 Å². The highest BCUT2D eigenvalue weighted by Gasteiger charge is 2.20. The molecule has 0 aromatic heterocycles. The molecule has 0 bridgehead atoms. The zero-order valence-corrected chi connectivity index (χ0v) is 30.9. The molecular weight excluding hydrogens is 677 g/mol. The molecule has 0 saturated heterocycles. The summed E-state index contributed by atoms with van der Waals surface area (Å²) in [5.74, 6) is 0. The van der Waals surface area contributed by atoms with Crippen molar-refractivity contribution in [2.45, 2.75) is 12.2 Å². The lowest BCUT2D eigenvalue weighted by molar-refractivity contribution is 0.511. The summed E-state index contributed by atoms with van der Waals surface area (Å²) in [6, 6.07) is 71.9. The maximum absolute atomic E-state index is 6.87. The Bertz CT molecular complexity index is 3060. The van der Waals surface area contributed by atoms with Crippen LogP contribution in [0.25, 0.3) is 82.2 Å². The van der Waals surface area contributed by atoms with Crippen molar-refractivity contribution < 1.29 is 0 Å². The van der Waals surface area contributed by atoms with Crippen LogP contribution < -0.4 is 11.1 Å². The van der Waals surface area contributed by atoms with E-state index in [4.69, 9.17) is 5.73 Å². The average molecular weight is 717 g/mol. The van der Waals surface area contributed by atoms with E-state index >= 15 is 0 Å². The standard InChI is InChI=1S/C54H40N2/c55-54(40-18-5-2-6-19-40)56-50(49-35-41-20-8-9-21-42(41)44-23-11-12-24-45(44)49)34-29-36-27-30-39(31-28-36)51-46-25-13-14-26-47(46)52(38-16-3-1-4-17-38)53-43-22-10-7-15-37(43)32-33-48(51)53/h1-35,50,54,56H,55H2/b34-29+. The van der Waals surface area contributed by atoms with Crippen LogP contribution in [0.15, 0.2) is 206 Å². The molecule has 0 aliphatic rings. The summed E-state index contributed by atoms with van der Waals surface area (Å²) in [5, 5.41) is 16.3. The van der Waals surface area contributed by atoms with E-state index in [2.05, 4.69) is 199 Å². The summed E-state index contributed by atoms with van der Waals surface area (Å²) in [5.41, 5.74) is 15.2. The first-order valence-electron chi connectivity index (χ1n) is 19.4. The molecule has 0 radical (unpaired) electrons. The summed E-state index contributed by atoms with van der Waals surface area (Å²) >= 11 is 0. The molecule has 0 amide bonds. The topological polar surface area (TPSA) is 38.0 Å². The van der Waals surface area contributed by atoms with E-state index in [1.165, 1.54) is 81.7 Å². The molecule has 0 aliphatic carbocycles. The minimum absolute atomic E-state index is 0.147. The molecule has 2 unspecified atom stereocenters. The number of hydrogen-bond acceptors (Lipinski definition) is 2. The molecule has 2 atom stereocenters. The molecule has 0 fully saturated rings. The minimum Gasteiger partial charge on any atom is -0.312 e. The number of benzene rings is 10. The average Bonchev–Trinajstić information content (AvgIpc) is 3.27. The van der Waals surface area contributed by atoms with Crippen molar-refractivity contribution in [2.75, 3.05) is 0 Å². The Hall–Kier alpha value is -6.84. The summed E-state index contributed by atoms with van der Waals surface area (Å²) in [6.45, 7) is 0. The van der Waals surface area contributed by atoms with E-state index in [0.29, 0.717) is 0 Å². The zero-order chi connectivity index (χ0) is 37.4. The van der Waals surface area contributed by atoms with Gasteiger partial charge in [0.15, 0.2) is 0 Å². The van der Waals surface area contributed by atoms with Crippen LogP contribution in [0.5, 0.6) is 0 Å². The summed E-state index contributed by atoms with van der Waals surface area (Å²) in [6.07, 6.45) is 4.14. The van der Waals surface area contributed by atoms with Crippen molar-refractivity contribution in [3.8, 4) is 22.3 Å². The smallest absolute Gasteiger partial charge is 0.0817 e. The number of rotatable bonds is 8. The number of nitrogens with one attached hydrogen (secondary N) is 1. The molecule has 0 aliphatic heterocycles. The highest BCUT2D eigenvalue weighted by atomic mass is 15.0. The van der Waals surface area contributed by atoms with Crippen LogP contribution in [0.1, 0.15) is 28.9 Å². The second-order valence-corrected chi connectivity index (χ2v) is 14.6. The third kappa shape index (κ3) is 6.02. The normalized spacial score (nSPS) is 12.9. The highest BCUT2D eigenvalue weighted by Crippen LogP contribution is 2.46. The second-order valence-electron chi connectivity index (χ2n) is 14.6. The third-order valence-electron chi connectivity index (χ3n) is 11.3. The van der Waals surface area contributed by atoms with E-state index in [1.807, 2.05) is 18.2 Å². The van der Waals surface area contributed by atoms with E-state index in [0.717, 1.165) is 11.1 Å². The van der Waals surface area contributed by atoms with Gasteiger partial charge in [0.1, 0.15) is 0 Å². The van der Waals surface area contributed by atoms with Crippen molar-refractivity contribution in [1.82, 2.24) is 5.32 Å². The molecule has 2 heteroatoms. The Morgan fingerprint density at radius 1 is 0.411 bits per heavy atom. The van der Waals surface area contributed by atoms with Gasteiger partial charge in [-0.3, -0.25) is 5.32 Å². The maximum Gasteiger partial charge on any atom is 0.0817 e. The molecule has 0 heterocycles. The van der Waals surface area contributed by atoms with E-state index in [-0.39, 0.29) is 12.2 Å². The van der Waals surface area contributed by atoms with Crippen molar-refractivity contribution in [2.24, 2.45) is 5.73 Å². The van der Waals surface area contributed by atoms with Gasteiger partial charge in [-0.25, -0.2) is 0 Å². The minimum atomic E-state index is -0.352. The van der Waals surface area contributed by atoms with Crippen molar-refractivity contribution in [3.63, 3.8) is 0 Å². The van der Waals surface area contributed by atoms with Crippen molar-refractivity contribution >= 4 is 59.9 Å². The molecule has 0 saturated carbocycles.